The maximum absolute atomic E-state index is 5.92. The van der Waals surface area contributed by atoms with Crippen molar-refractivity contribution in [2.45, 2.75) is 32.6 Å². The molecule has 0 radical (unpaired) electrons. The zero-order valence-electron chi connectivity index (χ0n) is 14.4. The van der Waals surface area contributed by atoms with E-state index in [-0.39, 0.29) is 0 Å². The van der Waals surface area contributed by atoms with Crippen LogP contribution in [0.3, 0.4) is 0 Å². The van der Waals surface area contributed by atoms with Gasteiger partial charge in [0.2, 0.25) is 5.89 Å². The lowest BCUT2D eigenvalue weighted by atomic mass is 9.97. The summed E-state index contributed by atoms with van der Waals surface area (Å²) in [5, 5.41) is 4.07. The van der Waals surface area contributed by atoms with Crippen LogP contribution < -0.4 is 9.47 Å². The third-order valence-electron chi connectivity index (χ3n) is 4.23. The van der Waals surface area contributed by atoms with Crippen molar-refractivity contribution in [3.05, 3.63) is 36.0 Å². The van der Waals surface area contributed by atoms with Crippen LogP contribution in [-0.4, -0.2) is 47.9 Å². The third kappa shape index (κ3) is 4.26. The predicted molar refractivity (Wildman–Crippen MR) is 90.6 cm³/mol. The van der Waals surface area contributed by atoms with Gasteiger partial charge in [-0.15, -0.1) is 0 Å². The molecule has 1 aliphatic rings. The molecule has 0 saturated carbocycles. The molecule has 24 heavy (non-hydrogen) atoms. The average Bonchev–Trinajstić information content (AvgIpc) is 3.04. The maximum atomic E-state index is 5.92. The third-order valence-corrected chi connectivity index (χ3v) is 4.23. The van der Waals surface area contributed by atoms with Crippen molar-refractivity contribution in [2.24, 2.45) is 0 Å². The molecule has 1 aliphatic heterocycles. The van der Waals surface area contributed by atoms with E-state index in [1.54, 1.807) is 0 Å². The molecule has 1 aromatic carbocycles. The second kappa shape index (κ2) is 8.15. The van der Waals surface area contributed by atoms with Crippen molar-refractivity contribution in [3.8, 4) is 11.5 Å². The Balaban J connectivity index is 1.50. The largest absolute Gasteiger partial charge is 0.490 e. The molecule has 2 aromatic rings. The molecule has 0 amide bonds. The number of piperidine rings is 1. The van der Waals surface area contributed by atoms with E-state index in [0.717, 1.165) is 49.8 Å². The number of nitrogens with zero attached hydrogens (tertiary/aromatic N) is 3. The standard InChI is InChI=1S/C18H25N3O3/c1-3-22-16-8-4-5-9-17(16)23-12-11-21-10-6-7-15(13-21)18-19-14(2)24-20-18/h4-5,8-9,15H,3,6-7,10-13H2,1-2H3. The van der Waals surface area contributed by atoms with Gasteiger partial charge in [0.05, 0.1) is 6.61 Å². The lowest BCUT2D eigenvalue weighted by molar-refractivity contribution is 0.164. The number of aromatic nitrogens is 2. The van der Waals surface area contributed by atoms with Gasteiger partial charge in [0, 0.05) is 25.9 Å². The fraction of sp³-hybridized carbons (Fsp3) is 0.556. The minimum atomic E-state index is 0.354. The Morgan fingerprint density at radius 1 is 1.25 bits per heavy atom. The van der Waals surface area contributed by atoms with Crippen LogP contribution in [0, 0.1) is 6.92 Å². The second-order valence-electron chi connectivity index (χ2n) is 6.04. The number of ether oxygens (including phenoxy) is 2. The highest BCUT2D eigenvalue weighted by atomic mass is 16.5. The summed E-state index contributed by atoms with van der Waals surface area (Å²) < 4.78 is 16.6. The van der Waals surface area contributed by atoms with E-state index in [0.29, 0.717) is 25.0 Å². The number of para-hydroxylation sites is 2. The van der Waals surface area contributed by atoms with Crippen molar-refractivity contribution in [2.75, 3.05) is 32.8 Å². The first-order chi connectivity index (χ1) is 11.8. The summed E-state index contributed by atoms with van der Waals surface area (Å²) in [6.45, 7) is 8.01. The fourth-order valence-electron chi connectivity index (χ4n) is 3.08. The monoisotopic (exact) mass is 331 g/mol. The quantitative estimate of drug-likeness (QED) is 0.777. The number of hydrogen-bond donors (Lipinski definition) is 0. The van der Waals surface area contributed by atoms with Crippen molar-refractivity contribution < 1.29 is 14.0 Å². The molecular formula is C18H25N3O3. The molecule has 6 heteroatoms. The summed E-state index contributed by atoms with van der Waals surface area (Å²) in [5.41, 5.74) is 0. The van der Waals surface area contributed by atoms with Gasteiger partial charge in [0.15, 0.2) is 17.3 Å². The van der Waals surface area contributed by atoms with Crippen molar-refractivity contribution in [1.29, 1.82) is 0 Å². The van der Waals surface area contributed by atoms with Crippen LogP contribution in [0.15, 0.2) is 28.8 Å². The normalized spacial score (nSPS) is 18.5. The Bertz CT molecular complexity index is 644. The van der Waals surface area contributed by atoms with Gasteiger partial charge in [-0.1, -0.05) is 17.3 Å². The Kier molecular flexibility index (Phi) is 5.69. The highest BCUT2D eigenvalue weighted by molar-refractivity contribution is 5.39. The Morgan fingerprint density at radius 2 is 2.04 bits per heavy atom. The second-order valence-corrected chi connectivity index (χ2v) is 6.04. The van der Waals surface area contributed by atoms with E-state index in [2.05, 4.69) is 15.0 Å². The number of aryl methyl sites for hydroxylation is 1. The lowest BCUT2D eigenvalue weighted by Gasteiger charge is -2.31. The number of likely N-dealkylation sites (tertiary alicyclic amines) is 1. The molecule has 1 aromatic heterocycles. The summed E-state index contributed by atoms with van der Waals surface area (Å²) in [6, 6.07) is 7.81. The minimum absolute atomic E-state index is 0.354. The molecule has 0 bridgehead atoms. The van der Waals surface area contributed by atoms with Crippen LogP contribution in [0.5, 0.6) is 11.5 Å². The van der Waals surface area contributed by atoms with Crippen LogP contribution in [0.1, 0.15) is 37.4 Å². The topological polar surface area (TPSA) is 60.6 Å². The Morgan fingerprint density at radius 3 is 2.75 bits per heavy atom. The van der Waals surface area contributed by atoms with Crippen molar-refractivity contribution in [3.63, 3.8) is 0 Å². The van der Waals surface area contributed by atoms with Gasteiger partial charge in [-0.3, -0.25) is 4.90 Å². The SMILES string of the molecule is CCOc1ccccc1OCCN1CCCC(c2noc(C)n2)C1. The summed E-state index contributed by atoms with van der Waals surface area (Å²) in [7, 11) is 0. The van der Waals surface area contributed by atoms with E-state index in [9.17, 15) is 0 Å². The maximum Gasteiger partial charge on any atom is 0.223 e. The van der Waals surface area contributed by atoms with Crippen LogP contribution in [0.25, 0.3) is 0 Å². The first-order valence-electron chi connectivity index (χ1n) is 8.63. The lowest BCUT2D eigenvalue weighted by Crippen LogP contribution is -2.37. The molecule has 6 nitrogen and oxygen atoms in total. The predicted octanol–water partition coefficient (Wildman–Crippen LogP) is 3.04. The summed E-state index contributed by atoms with van der Waals surface area (Å²) >= 11 is 0. The molecule has 3 rings (SSSR count). The molecule has 1 saturated heterocycles. The first-order valence-corrected chi connectivity index (χ1v) is 8.63. The van der Waals surface area contributed by atoms with E-state index < -0.39 is 0 Å². The van der Waals surface area contributed by atoms with Gasteiger partial charge in [0.25, 0.3) is 0 Å². The molecule has 0 N–H and O–H groups in total. The number of rotatable bonds is 7. The van der Waals surface area contributed by atoms with Crippen LogP contribution in [0.4, 0.5) is 0 Å². The Hall–Kier alpha value is -2.08. The van der Waals surface area contributed by atoms with Gasteiger partial charge in [-0.25, -0.2) is 0 Å². The van der Waals surface area contributed by atoms with Crippen molar-refractivity contribution >= 4 is 0 Å². The highest BCUT2D eigenvalue weighted by Gasteiger charge is 2.24. The van der Waals surface area contributed by atoms with Crippen LogP contribution in [0.2, 0.25) is 0 Å². The highest BCUT2D eigenvalue weighted by Crippen LogP contribution is 2.27. The number of hydrogen-bond acceptors (Lipinski definition) is 6. The smallest absolute Gasteiger partial charge is 0.223 e. The van der Waals surface area contributed by atoms with Crippen molar-refractivity contribution in [1.82, 2.24) is 15.0 Å². The van der Waals surface area contributed by atoms with E-state index >= 15 is 0 Å². The Labute approximate surface area is 142 Å². The molecule has 0 spiro atoms. The molecule has 0 aliphatic carbocycles. The zero-order chi connectivity index (χ0) is 16.8. The fourth-order valence-corrected chi connectivity index (χ4v) is 3.08. The van der Waals surface area contributed by atoms with E-state index in [4.69, 9.17) is 14.0 Å². The molecule has 1 fully saturated rings. The molecule has 2 heterocycles. The van der Waals surface area contributed by atoms with Gasteiger partial charge in [0.1, 0.15) is 6.61 Å². The van der Waals surface area contributed by atoms with E-state index in [1.807, 2.05) is 38.1 Å². The van der Waals surface area contributed by atoms with Gasteiger partial charge in [-0.05, 0) is 38.4 Å². The minimum Gasteiger partial charge on any atom is -0.490 e. The molecule has 130 valence electrons. The first kappa shape index (κ1) is 16.8. The van der Waals surface area contributed by atoms with Gasteiger partial charge < -0.3 is 14.0 Å². The summed E-state index contributed by atoms with van der Waals surface area (Å²) in [6.07, 6.45) is 2.26. The molecule has 1 atom stereocenters. The van der Waals surface area contributed by atoms with Crippen LogP contribution in [-0.2, 0) is 0 Å². The molecule has 1 unspecified atom stereocenters. The van der Waals surface area contributed by atoms with Gasteiger partial charge in [-0.2, -0.15) is 4.98 Å². The zero-order valence-corrected chi connectivity index (χ0v) is 14.4. The van der Waals surface area contributed by atoms with Gasteiger partial charge >= 0.3 is 0 Å². The number of benzene rings is 1. The average molecular weight is 331 g/mol. The summed E-state index contributed by atoms with van der Waals surface area (Å²) in [4.78, 5) is 6.78. The van der Waals surface area contributed by atoms with Crippen LogP contribution >= 0.6 is 0 Å². The summed E-state index contributed by atoms with van der Waals surface area (Å²) in [5.74, 6) is 3.44. The molecular weight excluding hydrogens is 306 g/mol. The van der Waals surface area contributed by atoms with E-state index in [1.165, 1.54) is 0 Å².